The number of hydrogen-bond donors (Lipinski definition) is 3. The third kappa shape index (κ3) is 16.2. The first-order valence-corrected chi connectivity index (χ1v) is 13.0. The Bertz CT molecular complexity index is 1210. The van der Waals surface area contributed by atoms with Gasteiger partial charge in [0.25, 0.3) is 0 Å². The molecule has 0 amide bonds. The zero-order chi connectivity index (χ0) is 30.2. The molecule has 224 valence electrons. The molecular formula is C26H26Cl5NO9. The number of quaternary nitrogens is 1. The van der Waals surface area contributed by atoms with Gasteiger partial charge in [-0.05, 0) is 54.1 Å². The average molecular weight is 674 g/mol. The van der Waals surface area contributed by atoms with Crippen molar-refractivity contribution in [1.82, 2.24) is 0 Å². The number of carboxylic acid groups (broad SMARTS) is 3. The number of benzene rings is 3. The zero-order valence-corrected chi connectivity index (χ0v) is 24.9. The second-order valence-corrected chi connectivity index (χ2v) is 9.75. The first-order chi connectivity index (χ1) is 18.8. The van der Waals surface area contributed by atoms with Crippen molar-refractivity contribution < 1.29 is 50.4 Å². The summed E-state index contributed by atoms with van der Waals surface area (Å²) in [5, 5.41) is 29.2. The van der Waals surface area contributed by atoms with E-state index in [0.717, 1.165) is 5.56 Å². The molecule has 3 rings (SSSR count). The van der Waals surface area contributed by atoms with Gasteiger partial charge in [0, 0.05) is 21.0 Å². The summed E-state index contributed by atoms with van der Waals surface area (Å²) in [6.45, 7) is -0.364. The first-order valence-electron chi connectivity index (χ1n) is 11.2. The Balaban J connectivity index is 0.000000579. The highest BCUT2D eigenvalue weighted by Gasteiger charge is 2.15. The second-order valence-electron chi connectivity index (χ2n) is 7.63. The van der Waals surface area contributed by atoms with Crippen LogP contribution in [0.2, 0.25) is 25.1 Å². The second kappa shape index (κ2) is 20.0. The molecule has 0 radical (unpaired) electrons. The summed E-state index contributed by atoms with van der Waals surface area (Å²) in [4.78, 5) is 30.8. The highest BCUT2D eigenvalue weighted by molar-refractivity contribution is 6.36. The van der Waals surface area contributed by atoms with Crippen molar-refractivity contribution in [3.8, 4) is 11.5 Å². The summed E-state index contributed by atoms with van der Waals surface area (Å²) >= 11 is 28.4. The molecule has 41 heavy (non-hydrogen) atoms. The minimum atomic E-state index is -1.30. The number of aliphatic carboxylic acids is 3. The van der Waals surface area contributed by atoms with Gasteiger partial charge in [-0.1, -0.05) is 70.1 Å². The van der Waals surface area contributed by atoms with E-state index in [9.17, 15) is 19.5 Å². The highest BCUT2D eigenvalue weighted by Crippen LogP contribution is 2.28. The van der Waals surface area contributed by atoms with Crippen LogP contribution in [0.5, 0.6) is 11.5 Å². The Labute approximate surface area is 260 Å². The molecule has 0 spiro atoms. The lowest BCUT2D eigenvalue weighted by atomic mass is 9.96. The largest absolute Gasteiger partial charge is 0.546 e. The minimum absolute atomic E-state index is 0. The van der Waals surface area contributed by atoms with Crippen LogP contribution in [0.15, 0.2) is 60.7 Å². The number of carbonyl (C=O) groups excluding carboxylic acids is 1. The normalized spacial score (nSPS) is 10.4. The molecule has 0 unspecified atom stereocenters. The Morgan fingerprint density at radius 3 is 1.54 bits per heavy atom. The number of carboxylic acids is 3. The fraction of sp³-hybridized carbons (Fsp3) is 0.192. The number of halogens is 5. The topological polar surface area (TPSA) is 192 Å². The lowest BCUT2D eigenvalue weighted by molar-refractivity contribution is -0.372. The molecule has 0 bridgehead atoms. The molecule has 0 fully saturated rings. The summed E-state index contributed by atoms with van der Waals surface area (Å²) in [7, 11) is 0. The molecule has 3 aromatic carbocycles. The molecule has 0 saturated heterocycles. The smallest absolute Gasteiger partial charge is 0.341 e. The van der Waals surface area contributed by atoms with E-state index in [4.69, 9.17) is 77.7 Å². The van der Waals surface area contributed by atoms with Crippen molar-refractivity contribution in [3.63, 3.8) is 0 Å². The molecule has 0 aliphatic carbocycles. The van der Waals surface area contributed by atoms with Crippen LogP contribution in [0.1, 0.15) is 17.9 Å². The Morgan fingerprint density at radius 1 is 0.732 bits per heavy atom. The molecular weight excluding hydrogens is 648 g/mol. The molecule has 15 heteroatoms. The van der Waals surface area contributed by atoms with Crippen LogP contribution in [-0.4, -0.2) is 53.4 Å². The van der Waals surface area contributed by atoms with Gasteiger partial charge >= 0.3 is 11.9 Å². The van der Waals surface area contributed by atoms with E-state index in [1.807, 2.05) is 12.1 Å². The van der Waals surface area contributed by atoms with Crippen LogP contribution >= 0.6 is 58.0 Å². The van der Waals surface area contributed by atoms with Crippen molar-refractivity contribution in [2.24, 2.45) is 0 Å². The number of ether oxygens (including phenoxy) is 2. The van der Waals surface area contributed by atoms with Gasteiger partial charge in [0.1, 0.15) is 18.1 Å². The van der Waals surface area contributed by atoms with Gasteiger partial charge in [-0.15, -0.1) is 0 Å². The maximum Gasteiger partial charge on any atom is 0.341 e. The van der Waals surface area contributed by atoms with Crippen molar-refractivity contribution >= 4 is 75.9 Å². The zero-order valence-electron chi connectivity index (χ0n) is 21.1. The third-order valence-corrected chi connectivity index (χ3v) is 5.91. The quantitative estimate of drug-likeness (QED) is 0.289. The molecule has 0 aromatic heterocycles. The maximum absolute atomic E-state index is 10.6. The van der Waals surface area contributed by atoms with Gasteiger partial charge in [-0.2, -0.15) is 0 Å². The molecule has 1 atom stereocenters. The molecule has 7 N–H and O–H groups in total. The van der Waals surface area contributed by atoms with Crippen LogP contribution in [-0.2, 0) is 14.4 Å². The van der Waals surface area contributed by atoms with Gasteiger partial charge in [-0.25, -0.2) is 4.79 Å². The summed E-state index contributed by atoms with van der Waals surface area (Å²) in [5.74, 6) is -2.58. The standard InChI is InChI=1S/C10H12ClNO2.2C8H6Cl2O3.H2O/c11-9-3-1-7(2-4-9)8(6-12)5-10(13)14;2*9-5-1-2-7(6(10)3-5)13-4-8(11)12;/h1-4,8H,5-6,12H2,(H,13,14);2*1-3H,4H2,(H,11,12);1H2/t8-;;;/m0.../s1. The summed E-state index contributed by atoms with van der Waals surface area (Å²) in [5.41, 5.74) is 4.72. The first kappa shape index (κ1) is 38.0. The number of rotatable bonds is 10. The monoisotopic (exact) mass is 671 g/mol. The van der Waals surface area contributed by atoms with E-state index in [1.54, 1.807) is 24.3 Å². The fourth-order valence-corrected chi connectivity index (χ4v) is 3.85. The van der Waals surface area contributed by atoms with E-state index in [2.05, 4.69) is 5.73 Å². The van der Waals surface area contributed by atoms with Crippen LogP contribution in [0.3, 0.4) is 0 Å². The summed E-state index contributed by atoms with van der Waals surface area (Å²) in [6, 6.07) is 16.3. The van der Waals surface area contributed by atoms with Gasteiger partial charge in [-0.3, -0.25) is 4.79 Å². The van der Waals surface area contributed by atoms with Crippen molar-refractivity contribution in [2.45, 2.75) is 12.3 Å². The molecule has 0 heterocycles. The molecule has 0 aliphatic heterocycles. The van der Waals surface area contributed by atoms with Crippen LogP contribution in [0, 0.1) is 0 Å². The fourth-order valence-electron chi connectivity index (χ4n) is 2.79. The van der Waals surface area contributed by atoms with Gasteiger partial charge in [0.05, 0.1) is 29.0 Å². The van der Waals surface area contributed by atoms with Gasteiger partial charge in [0.15, 0.2) is 6.61 Å². The molecule has 10 nitrogen and oxygen atoms in total. The average Bonchev–Trinajstić information content (AvgIpc) is 2.87. The van der Waals surface area contributed by atoms with E-state index >= 15 is 0 Å². The summed E-state index contributed by atoms with van der Waals surface area (Å²) in [6.07, 6.45) is 0.116. The number of hydrogen-bond acceptors (Lipinski definition) is 6. The van der Waals surface area contributed by atoms with Crippen LogP contribution in [0.4, 0.5) is 0 Å². The Hall–Kier alpha value is -2.96. The minimum Gasteiger partial charge on any atom is -0.546 e. The Morgan fingerprint density at radius 2 is 1.17 bits per heavy atom. The molecule has 3 aromatic rings. The maximum atomic E-state index is 10.6. The van der Waals surface area contributed by atoms with Crippen molar-refractivity contribution in [1.29, 1.82) is 0 Å². The Kier molecular flexibility index (Phi) is 18.6. The highest BCUT2D eigenvalue weighted by atomic mass is 35.5. The van der Waals surface area contributed by atoms with E-state index < -0.39 is 31.1 Å². The lowest BCUT2D eigenvalue weighted by Crippen LogP contribution is -2.53. The number of carbonyl (C=O) groups is 3. The predicted molar refractivity (Wildman–Crippen MR) is 154 cm³/mol. The summed E-state index contributed by atoms with van der Waals surface area (Å²) < 4.78 is 9.66. The molecule has 0 saturated carbocycles. The van der Waals surface area contributed by atoms with Gasteiger partial charge in [0.2, 0.25) is 0 Å². The SMILES string of the molecule is O.O=C(O)COc1ccc(Cl)cc1Cl.O=C([O-])COc1ccc(Cl)cc1Cl.[NH3+]C[C@H](CC(=O)O)c1ccc(Cl)cc1. The van der Waals surface area contributed by atoms with E-state index in [1.165, 1.54) is 24.3 Å². The van der Waals surface area contributed by atoms with Crippen LogP contribution < -0.4 is 20.3 Å². The van der Waals surface area contributed by atoms with Crippen molar-refractivity contribution in [2.75, 3.05) is 19.8 Å². The predicted octanol–water partition coefficient (Wildman–Crippen LogP) is 3.89. The van der Waals surface area contributed by atoms with E-state index in [-0.39, 0.29) is 28.6 Å². The van der Waals surface area contributed by atoms with Crippen LogP contribution in [0.25, 0.3) is 0 Å². The third-order valence-electron chi connectivity index (χ3n) is 4.60. The molecule has 0 aliphatic rings. The van der Waals surface area contributed by atoms with Gasteiger partial charge < -0.3 is 40.8 Å². The van der Waals surface area contributed by atoms with E-state index in [0.29, 0.717) is 32.4 Å². The van der Waals surface area contributed by atoms with Crippen molar-refractivity contribution in [3.05, 3.63) is 91.3 Å². The lowest BCUT2D eigenvalue weighted by Gasteiger charge is -2.10.